The predicted octanol–water partition coefficient (Wildman–Crippen LogP) is 0.602. The lowest BCUT2D eigenvalue weighted by Crippen LogP contribution is -2.42. The van der Waals surface area contributed by atoms with Gasteiger partial charge in [-0.3, -0.25) is 14.5 Å². The number of methoxy groups -OCH3 is 2. The first-order valence-corrected chi connectivity index (χ1v) is 5.53. The summed E-state index contributed by atoms with van der Waals surface area (Å²) in [7, 11) is 2.61. The van der Waals surface area contributed by atoms with E-state index < -0.39 is 12.0 Å². The molecule has 0 heterocycles. The van der Waals surface area contributed by atoms with E-state index in [4.69, 9.17) is 11.2 Å². The zero-order valence-corrected chi connectivity index (χ0v) is 10.8. The molecule has 0 aliphatic carbocycles. The van der Waals surface area contributed by atoms with Crippen LogP contribution in [0.2, 0.25) is 0 Å². The molecule has 0 saturated heterocycles. The van der Waals surface area contributed by atoms with Gasteiger partial charge in [0.1, 0.15) is 6.04 Å². The Labute approximate surface area is 108 Å². The van der Waals surface area contributed by atoms with E-state index in [-0.39, 0.29) is 18.9 Å². The standard InChI is InChI=1S/C13H19NO4/c1-5-9-14(10-6-2)11(13(16)18-4)7-8-12(15)17-3/h1,6,11H,2,7-10H2,3-4H3/t11-/m0/s1. The van der Waals surface area contributed by atoms with Crippen LogP contribution in [0.3, 0.4) is 0 Å². The lowest BCUT2D eigenvalue weighted by Gasteiger charge is -2.26. The first-order chi connectivity index (χ1) is 8.60. The lowest BCUT2D eigenvalue weighted by atomic mass is 10.1. The van der Waals surface area contributed by atoms with Crippen LogP contribution < -0.4 is 0 Å². The second kappa shape index (κ2) is 9.25. The highest BCUT2D eigenvalue weighted by Crippen LogP contribution is 2.10. The molecule has 0 radical (unpaired) electrons. The third-order valence-corrected chi connectivity index (χ3v) is 2.42. The van der Waals surface area contributed by atoms with Crippen molar-refractivity contribution in [1.29, 1.82) is 0 Å². The first kappa shape index (κ1) is 16.2. The summed E-state index contributed by atoms with van der Waals surface area (Å²) in [5, 5.41) is 0. The van der Waals surface area contributed by atoms with Crippen LogP contribution in [0.15, 0.2) is 12.7 Å². The number of terminal acetylenes is 1. The average molecular weight is 253 g/mol. The predicted molar refractivity (Wildman–Crippen MR) is 67.7 cm³/mol. The van der Waals surface area contributed by atoms with Crippen molar-refractivity contribution in [2.24, 2.45) is 0 Å². The molecule has 0 saturated carbocycles. The highest BCUT2D eigenvalue weighted by atomic mass is 16.5. The fraction of sp³-hybridized carbons (Fsp3) is 0.538. The monoisotopic (exact) mass is 253 g/mol. The third kappa shape index (κ3) is 5.51. The minimum absolute atomic E-state index is 0.133. The molecule has 18 heavy (non-hydrogen) atoms. The summed E-state index contributed by atoms with van der Waals surface area (Å²) in [6, 6.07) is -0.567. The zero-order chi connectivity index (χ0) is 14.0. The highest BCUT2D eigenvalue weighted by Gasteiger charge is 2.26. The molecule has 0 bridgehead atoms. The van der Waals surface area contributed by atoms with Gasteiger partial charge in [0.05, 0.1) is 20.8 Å². The van der Waals surface area contributed by atoms with Crippen LogP contribution in [0.4, 0.5) is 0 Å². The molecule has 0 aromatic carbocycles. The van der Waals surface area contributed by atoms with Crippen LogP contribution in [0, 0.1) is 12.3 Å². The van der Waals surface area contributed by atoms with E-state index in [2.05, 4.69) is 17.2 Å². The quantitative estimate of drug-likeness (QED) is 0.360. The van der Waals surface area contributed by atoms with Gasteiger partial charge in [-0.2, -0.15) is 0 Å². The van der Waals surface area contributed by atoms with Gasteiger partial charge >= 0.3 is 11.9 Å². The molecular formula is C13H19NO4. The zero-order valence-electron chi connectivity index (χ0n) is 10.8. The van der Waals surface area contributed by atoms with E-state index >= 15 is 0 Å². The van der Waals surface area contributed by atoms with Crippen LogP contribution in [0.5, 0.6) is 0 Å². The van der Waals surface area contributed by atoms with Gasteiger partial charge in [0, 0.05) is 13.0 Å². The Hall–Kier alpha value is -1.80. The number of ether oxygens (including phenoxy) is 2. The minimum atomic E-state index is -0.567. The van der Waals surface area contributed by atoms with Gasteiger partial charge in [-0.25, -0.2) is 0 Å². The lowest BCUT2D eigenvalue weighted by molar-refractivity contribution is -0.147. The van der Waals surface area contributed by atoms with Crippen molar-refractivity contribution in [2.45, 2.75) is 18.9 Å². The molecule has 5 nitrogen and oxygen atoms in total. The van der Waals surface area contributed by atoms with Gasteiger partial charge < -0.3 is 9.47 Å². The third-order valence-electron chi connectivity index (χ3n) is 2.42. The molecule has 0 unspecified atom stereocenters. The maximum atomic E-state index is 11.7. The first-order valence-electron chi connectivity index (χ1n) is 5.53. The largest absolute Gasteiger partial charge is 0.469 e. The smallest absolute Gasteiger partial charge is 0.323 e. The van der Waals surface area contributed by atoms with Gasteiger partial charge in [0.25, 0.3) is 0 Å². The maximum absolute atomic E-state index is 11.7. The second-order valence-electron chi connectivity index (χ2n) is 3.58. The Kier molecular flexibility index (Phi) is 8.33. The van der Waals surface area contributed by atoms with Crippen LogP contribution in [-0.2, 0) is 19.1 Å². The van der Waals surface area contributed by atoms with Crippen molar-refractivity contribution in [3.63, 3.8) is 0 Å². The Morgan fingerprint density at radius 1 is 1.44 bits per heavy atom. The molecule has 0 aromatic rings. The summed E-state index contributed by atoms with van der Waals surface area (Å²) in [6.45, 7) is 4.34. The van der Waals surface area contributed by atoms with E-state index in [0.717, 1.165) is 0 Å². The summed E-state index contributed by atoms with van der Waals surface area (Å²) in [5.74, 6) is 1.68. The van der Waals surface area contributed by atoms with Crippen LogP contribution in [0.1, 0.15) is 12.8 Å². The normalized spacial score (nSPS) is 11.4. The van der Waals surface area contributed by atoms with Gasteiger partial charge in [0.2, 0.25) is 0 Å². The molecule has 0 amide bonds. The molecule has 0 rings (SSSR count). The van der Waals surface area contributed by atoms with Crippen molar-refractivity contribution < 1.29 is 19.1 Å². The van der Waals surface area contributed by atoms with Gasteiger partial charge in [-0.05, 0) is 6.42 Å². The molecule has 1 atom stereocenters. The molecule has 100 valence electrons. The number of esters is 2. The molecule has 5 heteroatoms. The van der Waals surface area contributed by atoms with Gasteiger partial charge in [-0.15, -0.1) is 13.0 Å². The summed E-state index contributed by atoms with van der Waals surface area (Å²) in [4.78, 5) is 24.5. The fourth-order valence-corrected chi connectivity index (χ4v) is 1.53. The van der Waals surface area contributed by atoms with Crippen LogP contribution in [0.25, 0.3) is 0 Å². The van der Waals surface area contributed by atoms with Crippen molar-refractivity contribution in [3.8, 4) is 12.3 Å². The molecule has 0 fully saturated rings. The van der Waals surface area contributed by atoms with E-state index in [1.54, 1.807) is 11.0 Å². The Morgan fingerprint density at radius 2 is 2.11 bits per heavy atom. The van der Waals surface area contributed by atoms with Crippen LogP contribution in [-0.4, -0.2) is 50.2 Å². The Morgan fingerprint density at radius 3 is 2.56 bits per heavy atom. The van der Waals surface area contributed by atoms with E-state index in [1.807, 2.05) is 0 Å². The number of rotatable bonds is 8. The number of hydrogen-bond donors (Lipinski definition) is 0. The average Bonchev–Trinajstić information content (AvgIpc) is 2.38. The summed E-state index contributed by atoms with van der Waals surface area (Å²) >= 11 is 0. The Balaban J connectivity index is 4.72. The SMILES string of the molecule is C#CCN(CC=C)[C@@H](CCC(=O)OC)C(=O)OC. The molecule has 0 N–H and O–H groups in total. The van der Waals surface area contributed by atoms with Crippen molar-refractivity contribution >= 4 is 11.9 Å². The summed E-state index contributed by atoms with van der Waals surface area (Å²) < 4.78 is 9.26. The van der Waals surface area contributed by atoms with E-state index in [1.165, 1.54) is 14.2 Å². The second-order valence-corrected chi connectivity index (χ2v) is 3.58. The van der Waals surface area contributed by atoms with E-state index in [0.29, 0.717) is 13.0 Å². The van der Waals surface area contributed by atoms with Gasteiger partial charge in [0.15, 0.2) is 0 Å². The topological polar surface area (TPSA) is 55.8 Å². The Bertz CT molecular complexity index is 332. The van der Waals surface area contributed by atoms with Gasteiger partial charge in [-0.1, -0.05) is 12.0 Å². The van der Waals surface area contributed by atoms with Crippen LogP contribution >= 0.6 is 0 Å². The molecule has 0 spiro atoms. The highest BCUT2D eigenvalue weighted by molar-refractivity contribution is 5.77. The van der Waals surface area contributed by atoms with Crippen molar-refractivity contribution in [2.75, 3.05) is 27.3 Å². The minimum Gasteiger partial charge on any atom is -0.469 e. The molecule has 0 aliphatic heterocycles. The fourth-order valence-electron chi connectivity index (χ4n) is 1.53. The summed E-state index contributed by atoms with van der Waals surface area (Å²) in [6.07, 6.45) is 7.33. The number of carbonyl (C=O) groups excluding carboxylic acids is 2. The van der Waals surface area contributed by atoms with E-state index in [9.17, 15) is 9.59 Å². The molecular weight excluding hydrogens is 234 g/mol. The molecule has 0 aliphatic rings. The maximum Gasteiger partial charge on any atom is 0.323 e. The number of hydrogen-bond acceptors (Lipinski definition) is 5. The van der Waals surface area contributed by atoms with Crippen molar-refractivity contribution in [1.82, 2.24) is 4.90 Å². The molecule has 0 aromatic heterocycles. The summed E-state index contributed by atoms with van der Waals surface area (Å²) in [5.41, 5.74) is 0. The number of nitrogens with zero attached hydrogens (tertiary/aromatic N) is 1. The number of carbonyl (C=O) groups is 2. The van der Waals surface area contributed by atoms with Crippen molar-refractivity contribution in [3.05, 3.63) is 12.7 Å².